The molecule has 0 radical (unpaired) electrons. The largest absolute Gasteiger partial charge is 0.314 e. The fourth-order valence-corrected chi connectivity index (χ4v) is 1.87. The molecule has 0 saturated heterocycles. The summed E-state index contributed by atoms with van der Waals surface area (Å²) in [7, 11) is 0. The van der Waals surface area contributed by atoms with Crippen LogP contribution in [-0.4, -0.2) is 17.6 Å². The zero-order valence-electron chi connectivity index (χ0n) is 10.6. The Morgan fingerprint density at radius 3 is 2.81 bits per heavy atom. The van der Waals surface area contributed by atoms with Gasteiger partial charge < -0.3 is 5.32 Å². The lowest BCUT2D eigenvalue weighted by Gasteiger charge is -2.15. The third kappa shape index (κ3) is 5.26. The Morgan fingerprint density at radius 2 is 2.19 bits per heavy atom. The number of aromatic nitrogens is 1. The van der Waals surface area contributed by atoms with E-state index < -0.39 is 0 Å². The molecular formula is C14H24N2. The molecule has 1 N–H and O–H groups in total. The number of pyridine rings is 1. The first-order valence-corrected chi connectivity index (χ1v) is 6.50. The highest BCUT2D eigenvalue weighted by atomic mass is 14.9. The number of hydrogen-bond donors (Lipinski definition) is 1. The molecule has 1 aromatic heterocycles. The second kappa shape index (κ2) is 8.28. The molecule has 0 aromatic carbocycles. The number of rotatable bonds is 8. The van der Waals surface area contributed by atoms with Gasteiger partial charge in [-0.25, -0.2) is 0 Å². The Morgan fingerprint density at radius 1 is 1.31 bits per heavy atom. The summed E-state index contributed by atoms with van der Waals surface area (Å²) in [4.78, 5) is 4.34. The lowest BCUT2D eigenvalue weighted by atomic mass is 10.1. The van der Waals surface area contributed by atoms with Gasteiger partial charge in [0.25, 0.3) is 0 Å². The maximum atomic E-state index is 4.34. The topological polar surface area (TPSA) is 24.9 Å². The first kappa shape index (κ1) is 13.2. The van der Waals surface area contributed by atoms with E-state index in [4.69, 9.17) is 0 Å². The molecule has 0 aliphatic heterocycles. The molecule has 0 aliphatic carbocycles. The number of hydrogen-bond acceptors (Lipinski definition) is 2. The smallest absolute Gasteiger partial charge is 0.0403 e. The van der Waals surface area contributed by atoms with Gasteiger partial charge in [0.1, 0.15) is 0 Å². The predicted molar refractivity (Wildman–Crippen MR) is 69.5 cm³/mol. The van der Waals surface area contributed by atoms with Crippen molar-refractivity contribution in [2.75, 3.05) is 6.54 Å². The molecule has 0 bridgehead atoms. The van der Waals surface area contributed by atoms with Crippen molar-refractivity contribution in [1.82, 2.24) is 10.3 Å². The second-order valence-corrected chi connectivity index (χ2v) is 4.27. The highest BCUT2D eigenvalue weighted by Crippen LogP contribution is 2.06. The quantitative estimate of drug-likeness (QED) is 0.728. The second-order valence-electron chi connectivity index (χ2n) is 4.27. The number of nitrogens with zero attached hydrogens (tertiary/aromatic N) is 1. The minimum atomic E-state index is 0.684. The van der Waals surface area contributed by atoms with Crippen LogP contribution in [-0.2, 0) is 6.42 Å². The van der Waals surface area contributed by atoms with Crippen LogP contribution >= 0.6 is 0 Å². The Hall–Kier alpha value is -0.890. The van der Waals surface area contributed by atoms with E-state index >= 15 is 0 Å². The summed E-state index contributed by atoms with van der Waals surface area (Å²) in [6.07, 6.45) is 7.91. The Kier molecular flexibility index (Phi) is 6.82. The van der Waals surface area contributed by atoms with Gasteiger partial charge in [-0.15, -0.1) is 0 Å². The molecular weight excluding hydrogens is 196 g/mol. The summed E-state index contributed by atoms with van der Waals surface area (Å²) < 4.78 is 0. The summed E-state index contributed by atoms with van der Waals surface area (Å²) in [5.74, 6) is 0. The van der Waals surface area contributed by atoms with Crippen molar-refractivity contribution in [2.45, 2.75) is 52.0 Å². The van der Waals surface area contributed by atoms with Crippen molar-refractivity contribution in [3.05, 3.63) is 30.1 Å². The van der Waals surface area contributed by atoms with Crippen LogP contribution < -0.4 is 5.32 Å². The highest BCUT2D eigenvalue weighted by molar-refractivity contribution is 5.03. The summed E-state index contributed by atoms with van der Waals surface area (Å²) in [6.45, 7) is 5.61. The van der Waals surface area contributed by atoms with Gasteiger partial charge in [0.05, 0.1) is 0 Å². The fourth-order valence-electron chi connectivity index (χ4n) is 1.87. The maximum Gasteiger partial charge on any atom is 0.0403 e. The third-order valence-electron chi connectivity index (χ3n) is 2.89. The van der Waals surface area contributed by atoms with Crippen molar-refractivity contribution in [2.24, 2.45) is 0 Å². The minimum absolute atomic E-state index is 0.684. The molecule has 0 aliphatic rings. The van der Waals surface area contributed by atoms with Crippen LogP contribution in [0.4, 0.5) is 0 Å². The average molecular weight is 220 g/mol. The van der Waals surface area contributed by atoms with Gasteiger partial charge in [-0.3, -0.25) is 4.98 Å². The van der Waals surface area contributed by atoms with Crippen molar-refractivity contribution in [3.63, 3.8) is 0 Å². The molecule has 90 valence electrons. The van der Waals surface area contributed by atoms with Crippen LogP contribution in [0, 0.1) is 0 Å². The molecule has 1 aromatic rings. The maximum absolute atomic E-state index is 4.34. The standard InChI is InChI=1S/C14H24N2/c1-3-11-15-13(4-2)9-7-10-14-8-5-6-12-16-14/h5-6,8,12-13,15H,3-4,7,9-11H2,1-2H3. The van der Waals surface area contributed by atoms with Gasteiger partial charge in [-0.2, -0.15) is 0 Å². The molecule has 0 spiro atoms. The highest BCUT2D eigenvalue weighted by Gasteiger charge is 2.04. The molecule has 1 heterocycles. The van der Waals surface area contributed by atoms with Crippen LogP contribution in [0.1, 0.15) is 45.2 Å². The first-order chi connectivity index (χ1) is 7.86. The number of aryl methyl sites for hydroxylation is 1. The Bertz CT molecular complexity index is 259. The Labute approximate surface area is 99.5 Å². The van der Waals surface area contributed by atoms with Gasteiger partial charge >= 0.3 is 0 Å². The van der Waals surface area contributed by atoms with Gasteiger partial charge in [-0.1, -0.05) is 19.9 Å². The summed E-state index contributed by atoms with van der Waals surface area (Å²) >= 11 is 0. The predicted octanol–water partition coefficient (Wildman–Crippen LogP) is 3.18. The Balaban J connectivity index is 2.18. The molecule has 1 atom stereocenters. The first-order valence-electron chi connectivity index (χ1n) is 6.50. The fraction of sp³-hybridized carbons (Fsp3) is 0.643. The van der Waals surface area contributed by atoms with Crippen LogP contribution in [0.3, 0.4) is 0 Å². The molecule has 2 nitrogen and oxygen atoms in total. The monoisotopic (exact) mass is 220 g/mol. The normalized spacial score (nSPS) is 12.6. The summed E-state index contributed by atoms with van der Waals surface area (Å²) in [5.41, 5.74) is 1.22. The van der Waals surface area contributed by atoms with E-state index in [0.717, 1.165) is 13.0 Å². The summed E-state index contributed by atoms with van der Waals surface area (Å²) in [5, 5.41) is 3.58. The molecule has 1 rings (SSSR count). The van der Waals surface area contributed by atoms with E-state index in [1.54, 1.807) is 0 Å². The lowest BCUT2D eigenvalue weighted by molar-refractivity contribution is 0.455. The van der Waals surface area contributed by atoms with Gasteiger partial charge in [-0.05, 0) is 50.8 Å². The average Bonchev–Trinajstić information content (AvgIpc) is 2.35. The van der Waals surface area contributed by atoms with Crippen molar-refractivity contribution in [3.8, 4) is 0 Å². The zero-order valence-corrected chi connectivity index (χ0v) is 10.6. The number of nitrogens with one attached hydrogen (secondary N) is 1. The van der Waals surface area contributed by atoms with E-state index in [9.17, 15) is 0 Å². The van der Waals surface area contributed by atoms with E-state index in [1.807, 2.05) is 12.3 Å². The van der Waals surface area contributed by atoms with E-state index in [0.29, 0.717) is 6.04 Å². The van der Waals surface area contributed by atoms with Crippen LogP contribution in [0.2, 0.25) is 0 Å². The molecule has 0 amide bonds. The van der Waals surface area contributed by atoms with E-state index in [2.05, 4.69) is 36.3 Å². The van der Waals surface area contributed by atoms with Gasteiger partial charge in [0, 0.05) is 17.9 Å². The van der Waals surface area contributed by atoms with Crippen LogP contribution in [0.15, 0.2) is 24.4 Å². The SMILES string of the molecule is CCCNC(CC)CCCc1ccccn1. The van der Waals surface area contributed by atoms with E-state index in [1.165, 1.54) is 31.4 Å². The lowest BCUT2D eigenvalue weighted by Crippen LogP contribution is -2.29. The molecule has 0 saturated carbocycles. The zero-order chi connectivity index (χ0) is 11.6. The van der Waals surface area contributed by atoms with Crippen LogP contribution in [0.5, 0.6) is 0 Å². The summed E-state index contributed by atoms with van der Waals surface area (Å²) in [6, 6.07) is 6.83. The van der Waals surface area contributed by atoms with Gasteiger partial charge in [0.15, 0.2) is 0 Å². The van der Waals surface area contributed by atoms with Crippen LogP contribution in [0.25, 0.3) is 0 Å². The van der Waals surface area contributed by atoms with Crippen molar-refractivity contribution >= 4 is 0 Å². The third-order valence-corrected chi connectivity index (χ3v) is 2.89. The minimum Gasteiger partial charge on any atom is -0.314 e. The van der Waals surface area contributed by atoms with Crippen molar-refractivity contribution in [1.29, 1.82) is 0 Å². The molecule has 16 heavy (non-hydrogen) atoms. The molecule has 1 unspecified atom stereocenters. The van der Waals surface area contributed by atoms with Crippen molar-refractivity contribution < 1.29 is 0 Å². The van der Waals surface area contributed by atoms with E-state index in [-0.39, 0.29) is 0 Å². The van der Waals surface area contributed by atoms with Gasteiger partial charge in [0.2, 0.25) is 0 Å². The molecule has 2 heteroatoms. The molecule has 0 fully saturated rings.